The monoisotopic (exact) mass is 883 g/mol. The van der Waals surface area contributed by atoms with Gasteiger partial charge in [0.15, 0.2) is 0 Å². The van der Waals surface area contributed by atoms with Crippen LogP contribution >= 0.6 is 0 Å². The Labute approximate surface area is 404 Å². The van der Waals surface area contributed by atoms with Gasteiger partial charge in [-0.05, 0) is 136 Å². The van der Waals surface area contributed by atoms with E-state index in [4.69, 9.17) is 0 Å². The Morgan fingerprint density at radius 1 is 0.319 bits per heavy atom. The molecule has 3 heteroatoms. The van der Waals surface area contributed by atoms with E-state index in [1.807, 2.05) is 0 Å². The molecule has 0 aliphatic heterocycles. The van der Waals surface area contributed by atoms with Gasteiger partial charge in [-0.25, -0.2) is 0 Å². The molecule has 328 valence electrons. The second-order valence-electron chi connectivity index (χ2n) is 17.7. The highest BCUT2D eigenvalue weighted by atomic mass is 15.1. The van der Waals surface area contributed by atoms with E-state index in [1.54, 1.807) is 0 Å². The molecule has 10 aromatic carbocycles. The van der Waals surface area contributed by atoms with Gasteiger partial charge in [-0.2, -0.15) is 0 Å². The lowest BCUT2D eigenvalue weighted by Crippen LogP contribution is -2.10. The standard InChI is InChI=1S/C66H49N3/c1-5-15-48(16-6-1)51-25-35-57(36-26-51)67(58-37-27-52(28-38-58)49-17-7-2-8-18-49)59-39-31-54(32-40-59)55-33-43-61(44-34-55)68(60-41-29-53(30-42-60)50-19-9-3-10-20-50)62-45-46-64-63-23-13-14-24-65(63)69(66(64)47-62)56-21-11-4-12-22-56/h1-17,19-47,49H,18H2. The first kappa shape index (κ1) is 41.5. The Morgan fingerprint density at radius 3 is 1.19 bits per heavy atom. The minimum atomic E-state index is 0.400. The molecular weight excluding hydrogens is 835 g/mol. The molecule has 1 aliphatic rings. The zero-order chi connectivity index (χ0) is 45.9. The molecular formula is C66H49N3. The lowest BCUT2D eigenvalue weighted by molar-refractivity contribution is 0.854. The Kier molecular flexibility index (Phi) is 11.1. The summed E-state index contributed by atoms with van der Waals surface area (Å²) >= 11 is 0. The molecule has 0 fully saturated rings. The maximum atomic E-state index is 2.39. The van der Waals surface area contributed by atoms with E-state index in [2.05, 4.69) is 293 Å². The summed E-state index contributed by atoms with van der Waals surface area (Å²) < 4.78 is 2.39. The third kappa shape index (κ3) is 8.21. The van der Waals surface area contributed by atoms with Gasteiger partial charge in [0.2, 0.25) is 0 Å². The smallest absolute Gasteiger partial charge is 0.0561 e. The van der Waals surface area contributed by atoms with Gasteiger partial charge in [-0.15, -0.1) is 0 Å². The summed E-state index contributed by atoms with van der Waals surface area (Å²) in [5, 5.41) is 2.47. The van der Waals surface area contributed by atoms with Crippen LogP contribution in [0.25, 0.3) is 60.9 Å². The number of nitrogens with zero attached hydrogens (tertiary/aromatic N) is 3. The fraction of sp³-hybridized carbons (Fsp3) is 0.0303. The second-order valence-corrected chi connectivity index (χ2v) is 17.7. The molecule has 0 spiro atoms. The van der Waals surface area contributed by atoms with E-state index in [0.717, 1.165) is 57.4 Å². The van der Waals surface area contributed by atoms with Crippen molar-refractivity contribution < 1.29 is 0 Å². The van der Waals surface area contributed by atoms with Crippen LogP contribution in [0.3, 0.4) is 0 Å². The zero-order valence-electron chi connectivity index (χ0n) is 38.2. The highest BCUT2D eigenvalue weighted by Crippen LogP contribution is 2.42. The first-order valence-electron chi connectivity index (χ1n) is 23.9. The van der Waals surface area contributed by atoms with Crippen molar-refractivity contribution in [1.29, 1.82) is 0 Å². The number of anilines is 6. The average Bonchev–Trinajstić information content (AvgIpc) is 3.77. The number of hydrogen-bond donors (Lipinski definition) is 0. The molecule has 0 bridgehead atoms. The van der Waals surface area contributed by atoms with Gasteiger partial charge >= 0.3 is 0 Å². The van der Waals surface area contributed by atoms with Crippen LogP contribution in [-0.2, 0) is 0 Å². The van der Waals surface area contributed by atoms with E-state index in [1.165, 1.54) is 49.6 Å². The van der Waals surface area contributed by atoms with Crippen molar-refractivity contribution in [3.63, 3.8) is 0 Å². The van der Waals surface area contributed by atoms with Crippen molar-refractivity contribution in [3.05, 3.63) is 285 Å². The van der Waals surface area contributed by atoms with E-state index in [9.17, 15) is 0 Å². The maximum absolute atomic E-state index is 2.39. The highest BCUT2D eigenvalue weighted by molar-refractivity contribution is 6.10. The molecule has 0 saturated carbocycles. The summed E-state index contributed by atoms with van der Waals surface area (Å²) in [5.41, 5.74) is 18.5. The third-order valence-electron chi connectivity index (χ3n) is 13.5. The first-order chi connectivity index (χ1) is 34.2. The van der Waals surface area contributed by atoms with Crippen molar-refractivity contribution >= 4 is 55.9 Å². The predicted molar refractivity (Wildman–Crippen MR) is 292 cm³/mol. The van der Waals surface area contributed by atoms with Gasteiger partial charge in [-0.1, -0.05) is 188 Å². The molecule has 0 saturated heterocycles. The molecule has 12 rings (SSSR count). The number of rotatable bonds is 11. The Morgan fingerprint density at radius 2 is 0.710 bits per heavy atom. The zero-order valence-corrected chi connectivity index (χ0v) is 38.2. The number of hydrogen-bond acceptors (Lipinski definition) is 2. The number of aromatic nitrogens is 1. The van der Waals surface area contributed by atoms with Crippen LogP contribution in [0, 0.1) is 0 Å². The molecule has 1 aliphatic carbocycles. The van der Waals surface area contributed by atoms with Crippen LogP contribution in [0.2, 0.25) is 0 Å². The van der Waals surface area contributed by atoms with Crippen LogP contribution in [0.1, 0.15) is 17.9 Å². The molecule has 0 radical (unpaired) electrons. The van der Waals surface area contributed by atoms with Crippen molar-refractivity contribution in [2.24, 2.45) is 0 Å². The number of fused-ring (bicyclic) bond motifs is 3. The summed E-state index contributed by atoms with van der Waals surface area (Å²) in [4.78, 5) is 4.73. The number of allylic oxidation sites excluding steroid dienone is 4. The fourth-order valence-electron chi connectivity index (χ4n) is 10.0. The van der Waals surface area contributed by atoms with Crippen LogP contribution < -0.4 is 9.80 Å². The van der Waals surface area contributed by atoms with E-state index in [0.29, 0.717) is 5.92 Å². The second kappa shape index (κ2) is 18.4. The van der Waals surface area contributed by atoms with Crippen LogP contribution in [0.4, 0.5) is 34.1 Å². The average molecular weight is 884 g/mol. The predicted octanol–water partition coefficient (Wildman–Crippen LogP) is 18.3. The maximum Gasteiger partial charge on any atom is 0.0561 e. The third-order valence-corrected chi connectivity index (χ3v) is 13.5. The van der Waals surface area contributed by atoms with Crippen LogP contribution in [0.15, 0.2) is 279 Å². The molecule has 11 aromatic rings. The van der Waals surface area contributed by atoms with Crippen molar-refractivity contribution in [2.75, 3.05) is 9.80 Å². The van der Waals surface area contributed by atoms with Crippen LogP contribution in [-0.4, -0.2) is 4.57 Å². The van der Waals surface area contributed by atoms with Gasteiger partial charge in [0.25, 0.3) is 0 Å². The molecule has 3 nitrogen and oxygen atoms in total. The largest absolute Gasteiger partial charge is 0.311 e. The van der Waals surface area contributed by atoms with E-state index < -0.39 is 0 Å². The molecule has 69 heavy (non-hydrogen) atoms. The van der Waals surface area contributed by atoms with E-state index in [-0.39, 0.29) is 0 Å². The molecule has 0 N–H and O–H groups in total. The van der Waals surface area contributed by atoms with Crippen LogP contribution in [0.5, 0.6) is 0 Å². The number of benzene rings is 10. The molecule has 1 aromatic heterocycles. The van der Waals surface area contributed by atoms with Gasteiger partial charge in [0, 0.05) is 56.5 Å². The molecule has 0 amide bonds. The van der Waals surface area contributed by atoms with Gasteiger partial charge in [0.1, 0.15) is 0 Å². The fourth-order valence-corrected chi connectivity index (χ4v) is 10.0. The summed E-state index contributed by atoms with van der Waals surface area (Å²) in [6.07, 6.45) is 9.87. The highest BCUT2D eigenvalue weighted by Gasteiger charge is 2.19. The summed E-state index contributed by atoms with van der Waals surface area (Å²) in [5.74, 6) is 0.400. The van der Waals surface area contributed by atoms with Crippen molar-refractivity contribution in [1.82, 2.24) is 4.57 Å². The SMILES string of the molecule is C1=CCC(c2ccc(N(c3ccc(-c4ccccc4)cc3)c3ccc(-c4ccc(N(c5ccc(-c6ccccc6)cc5)c5ccc6c7ccccc7n(-c7ccccc7)c6c5)cc4)cc3)cc2)C=C1. The lowest BCUT2D eigenvalue weighted by atomic mass is 9.92. The summed E-state index contributed by atoms with van der Waals surface area (Å²) in [6, 6.07) is 92.4. The molecule has 1 unspecified atom stereocenters. The van der Waals surface area contributed by atoms with Gasteiger partial charge in [0.05, 0.1) is 11.0 Å². The Hall–Kier alpha value is -8.92. The lowest BCUT2D eigenvalue weighted by Gasteiger charge is -2.27. The van der Waals surface area contributed by atoms with Gasteiger partial charge in [-0.3, -0.25) is 0 Å². The number of para-hydroxylation sites is 2. The topological polar surface area (TPSA) is 11.4 Å². The summed E-state index contributed by atoms with van der Waals surface area (Å²) in [6.45, 7) is 0. The van der Waals surface area contributed by atoms with E-state index >= 15 is 0 Å². The van der Waals surface area contributed by atoms with Crippen molar-refractivity contribution in [2.45, 2.75) is 12.3 Å². The van der Waals surface area contributed by atoms with Crippen molar-refractivity contribution in [3.8, 4) is 39.1 Å². The van der Waals surface area contributed by atoms with Gasteiger partial charge < -0.3 is 14.4 Å². The quantitative estimate of drug-likeness (QED) is 0.128. The molecule has 1 heterocycles. The normalized spacial score (nSPS) is 13.2. The summed E-state index contributed by atoms with van der Waals surface area (Å²) in [7, 11) is 0. The minimum Gasteiger partial charge on any atom is -0.311 e. The minimum absolute atomic E-state index is 0.400. The first-order valence-corrected chi connectivity index (χ1v) is 23.9. The Bertz CT molecular complexity index is 3570. The Balaban J connectivity index is 0.899. The molecule has 1 atom stereocenters.